The minimum Gasteiger partial charge on any atom is -0.475 e. The highest BCUT2D eigenvalue weighted by atomic mass is 19.4. The van der Waals surface area contributed by atoms with Crippen molar-refractivity contribution in [1.82, 2.24) is 20.6 Å². The van der Waals surface area contributed by atoms with E-state index in [2.05, 4.69) is 32.4 Å². The first-order valence-corrected chi connectivity index (χ1v) is 10.6. The number of carboxylic acid groups (broad SMARTS) is 1. The van der Waals surface area contributed by atoms with Crippen molar-refractivity contribution in [3.05, 3.63) is 65.5 Å². The number of pyridine rings is 1. The number of nitrogens with zero attached hydrogens (tertiary/aromatic N) is 1. The summed E-state index contributed by atoms with van der Waals surface area (Å²) in [4.78, 5) is 40.3. The number of halogens is 3. The standard InChI is InChI=1S/C23H20N4O2.C2HF3O2/c1-2-4-22(28)26-14-15-5-3-6-16(11-15)20-12-17(7-9-24-20)21-13-18-19(27-21)8-10-25-23(18)29;3-2(4,5)1(6)7/h3,5-7,9,11-13,27H,8,10,14H2,1H3,(H,25,29)(H,26,28);(H,6,7). The number of amides is 2. The molecule has 0 unspecified atom stereocenters. The van der Waals surface area contributed by atoms with Gasteiger partial charge in [-0.3, -0.25) is 14.6 Å². The maximum absolute atomic E-state index is 12.0. The van der Waals surface area contributed by atoms with E-state index in [-0.39, 0.29) is 11.8 Å². The number of fused-ring (bicyclic) bond motifs is 1. The van der Waals surface area contributed by atoms with Gasteiger partial charge in [0.2, 0.25) is 0 Å². The van der Waals surface area contributed by atoms with E-state index in [9.17, 15) is 22.8 Å². The number of rotatable bonds is 4. The van der Waals surface area contributed by atoms with Crippen LogP contribution >= 0.6 is 0 Å². The van der Waals surface area contributed by atoms with Crippen LogP contribution in [-0.2, 0) is 22.6 Å². The number of benzene rings is 1. The second kappa shape index (κ2) is 11.2. The van der Waals surface area contributed by atoms with Gasteiger partial charge in [0.25, 0.3) is 11.8 Å². The van der Waals surface area contributed by atoms with Crippen molar-refractivity contribution in [3.63, 3.8) is 0 Å². The predicted octanol–water partition coefficient (Wildman–Crippen LogP) is 3.30. The van der Waals surface area contributed by atoms with Crippen LogP contribution in [0.25, 0.3) is 22.5 Å². The van der Waals surface area contributed by atoms with Gasteiger partial charge in [-0.1, -0.05) is 24.1 Å². The van der Waals surface area contributed by atoms with E-state index in [0.29, 0.717) is 18.7 Å². The van der Waals surface area contributed by atoms with E-state index >= 15 is 0 Å². The lowest BCUT2D eigenvalue weighted by Gasteiger charge is -2.11. The van der Waals surface area contributed by atoms with Crippen LogP contribution < -0.4 is 10.6 Å². The maximum Gasteiger partial charge on any atom is 0.490 e. The Morgan fingerprint density at radius 1 is 1.17 bits per heavy atom. The summed E-state index contributed by atoms with van der Waals surface area (Å²) in [6.07, 6.45) is -2.52. The Balaban J connectivity index is 0.000000454. The Morgan fingerprint density at radius 2 is 1.92 bits per heavy atom. The number of H-pyrrole nitrogens is 1. The highest BCUT2D eigenvalue weighted by Crippen LogP contribution is 2.27. The Hall–Kier alpha value is -4.59. The van der Waals surface area contributed by atoms with Crippen LogP contribution in [0.3, 0.4) is 0 Å². The summed E-state index contributed by atoms with van der Waals surface area (Å²) in [5.74, 6) is 1.96. The molecule has 0 saturated heterocycles. The van der Waals surface area contributed by atoms with Crippen molar-refractivity contribution < 1.29 is 32.7 Å². The summed E-state index contributed by atoms with van der Waals surface area (Å²) in [5.41, 5.74) is 6.28. The first kappa shape index (κ1) is 26.0. The average molecular weight is 498 g/mol. The molecule has 11 heteroatoms. The zero-order valence-electron chi connectivity index (χ0n) is 19.0. The third-order valence-corrected chi connectivity index (χ3v) is 5.03. The Morgan fingerprint density at radius 3 is 2.58 bits per heavy atom. The molecule has 0 spiro atoms. The molecular formula is C25H21F3N4O4. The molecule has 4 N–H and O–H groups in total. The van der Waals surface area contributed by atoms with Gasteiger partial charge in [-0.15, -0.1) is 0 Å². The molecule has 0 saturated carbocycles. The average Bonchev–Trinajstić information content (AvgIpc) is 3.29. The van der Waals surface area contributed by atoms with Crippen molar-refractivity contribution in [2.75, 3.05) is 6.54 Å². The summed E-state index contributed by atoms with van der Waals surface area (Å²) in [7, 11) is 0. The van der Waals surface area contributed by atoms with Crippen molar-refractivity contribution in [1.29, 1.82) is 0 Å². The number of hydrogen-bond acceptors (Lipinski definition) is 4. The maximum atomic E-state index is 12.0. The predicted molar refractivity (Wildman–Crippen MR) is 124 cm³/mol. The van der Waals surface area contributed by atoms with Crippen LogP contribution in [0, 0.1) is 11.8 Å². The lowest BCUT2D eigenvalue weighted by Crippen LogP contribution is -2.31. The monoisotopic (exact) mass is 498 g/mol. The summed E-state index contributed by atoms with van der Waals surface area (Å²) < 4.78 is 31.7. The molecule has 0 atom stereocenters. The fourth-order valence-corrected chi connectivity index (χ4v) is 3.39. The highest BCUT2D eigenvalue weighted by Gasteiger charge is 2.38. The summed E-state index contributed by atoms with van der Waals surface area (Å²) in [5, 5.41) is 12.8. The van der Waals surface area contributed by atoms with Crippen molar-refractivity contribution in [2.45, 2.75) is 26.1 Å². The summed E-state index contributed by atoms with van der Waals surface area (Å²) in [6.45, 7) is 2.69. The van der Waals surface area contributed by atoms with Crippen molar-refractivity contribution in [2.24, 2.45) is 0 Å². The molecule has 2 amide bonds. The van der Waals surface area contributed by atoms with Crippen LogP contribution in [0.1, 0.15) is 28.5 Å². The third kappa shape index (κ3) is 6.73. The molecular weight excluding hydrogens is 477 g/mol. The smallest absolute Gasteiger partial charge is 0.475 e. The number of aromatic nitrogens is 2. The van der Waals surface area contributed by atoms with Gasteiger partial charge in [0.05, 0.1) is 11.3 Å². The fourth-order valence-electron chi connectivity index (χ4n) is 3.39. The van der Waals surface area contributed by atoms with E-state index in [1.54, 1.807) is 13.1 Å². The molecule has 1 aromatic carbocycles. The lowest BCUT2D eigenvalue weighted by molar-refractivity contribution is -0.192. The third-order valence-electron chi connectivity index (χ3n) is 5.03. The molecule has 0 fully saturated rings. The zero-order valence-corrected chi connectivity index (χ0v) is 19.0. The number of alkyl halides is 3. The number of hydrogen-bond donors (Lipinski definition) is 4. The van der Waals surface area contributed by atoms with Crippen LogP contribution in [0.2, 0.25) is 0 Å². The lowest BCUT2D eigenvalue weighted by atomic mass is 10.0. The minimum absolute atomic E-state index is 0.0365. The first-order chi connectivity index (χ1) is 17.1. The van der Waals surface area contributed by atoms with Crippen LogP contribution in [0.4, 0.5) is 13.2 Å². The van der Waals surface area contributed by atoms with Crippen LogP contribution in [-0.4, -0.2) is 45.6 Å². The Labute approximate surface area is 203 Å². The van der Waals surface area contributed by atoms with Gasteiger partial charge in [-0.25, -0.2) is 4.79 Å². The molecule has 36 heavy (non-hydrogen) atoms. The fraction of sp³-hybridized carbons (Fsp3) is 0.200. The first-order valence-electron chi connectivity index (χ1n) is 10.6. The number of carbonyl (C=O) groups is 3. The van der Waals surface area contributed by atoms with Gasteiger partial charge in [-0.2, -0.15) is 13.2 Å². The van der Waals surface area contributed by atoms with Crippen LogP contribution in [0.15, 0.2) is 48.7 Å². The van der Waals surface area contributed by atoms with Gasteiger partial charge < -0.3 is 20.7 Å². The molecule has 3 heterocycles. The van der Waals surface area contributed by atoms with E-state index in [0.717, 1.165) is 40.2 Å². The second-order valence-electron chi connectivity index (χ2n) is 7.57. The minimum atomic E-state index is -5.08. The number of nitrogens with one attached hydrogen (secondary N) is 3. The van der Waals surface area contributed by atoms with Gasteiger partial charge in [0.1, 0.15) is 0 Å². The second-order valence-corrected chi connectivity index (χ2v) is 7.57. The normalized spacial score (nSPS) is 12.2. The number of carbonyl (C=O) groups excluding carboxylic acids is 2. The van der Waals surface area contributed by atoms with E-state index < -0.39 is 12.1 Å². The number of aromatic amines is 1. The molecule has 8 nitrogen and oxygen atoms in total. The Bertz CT molecular complexity index is 1350. The molecule has 0 radical (unpaired) electrons. The SMILES string of the molecule is CC#CC(=O)NCc1cccc(-c2cc(-c3cc4c([nH]3)CCNC4=O)ccn2)c1.O=C(O)C(F)(F)F. The molecule has 3 aromatic rings. The molecule has 0 bridgehead atoms. The molecule has 2 aromatic heterocycles. The van der Waals surface area contributed by atoms with Gasteiger partial charge in [0.15, 0.2) is 0 Å². The largest absolute Gasteiger partial charge is 0.490 e. The van der Waals surface area contributed by atoms with E-state index in [4.69, 9.17) is 9.90 Å². The summed E-state index contributed by atoms with van der Waals surface area (Å²) in [6, 6.07) is 13.7. The molecule has 1 aliphatic rings. The number of carboxylic acids is 1. The van der Waals surface area contributed by atoms with E-state index in [1.165, 1.54) is 0 Å². The quantitative estimate of drug-likeness (QED) is 0.411. The van der Waals surface area contributed by atoms with Gasteiger partial charge >= 0.3 is 12.1 Å². The molecule has 4 rings (SSSR count). The number of aliphatic carboxylic acids is 1. The molecule has 1 aliphatic heterocycles. The highest BCUT2D eigenvalue weighted by molar-refractivity contribution is 5.97. The van der Waals surface area contributed by atoms with Gasteiger partial charge in [0, 0.05) is 48.2 Å². The van der Waals surface area contributed by atoms with Crippen LogP contribution in [0.5, 0.6) is 0 Å². The van der Waals surface area contributed by atoms with Gasteiger partial charge in [-0.05, 0) is 42.7 Å². The summed E-state index contributed by atoms with van der Waals surface area (Å²) >= 11 is 0. The molecule has 186 valence electrons. The Kier molecular flexibility index (Phi) is 8.11. The van der Waals surface area contributed by atoms with Crippen molar-refractivity contribution in [3.8, 4) is 34.4 Å². The topological polar surface area (TPSA) is 124 Å². The van der Waals surface area contributed by atoms with Crippen molar-refractivity contribution >= 4 is 17.8 Å². The van der Waals surface area contributed by atoms with E-state index in [1.807, 2.05) is 42.5 Å². The zero-order chi connectivity index (χ0) is 26.3. The molecule has 0 aliphatic carbocycles.